The third kappa shape index (κ3) is 5.44. The minimum absolute atomic E-state index is 0.0564. The van der Waals surface area contributed by atoms with Gasteiger partial charge in [-0.15, -0.1) is 11.3 Å². The van der Waals surface area contributed by atoms with Gasteiger partial charge < -0.3 is 10.1 Å². The highest BCUT2D eigenvalue weighted by molar-refractivity contribution is 7.89. The molecule has 0 unspecified atom stereocenters. The molecule has 0 bridgehead atoms. The summed E-state index contributed by atoms with van der Waals surface area (Å²) in [6.45, 7) is 2.63. The van der Waals surface area contributed by atoms with Crippen LogP contribution in [0.25, 0.3) is 0 Å². The third-order valence-corrected chi connectivity index (χ3v) is 9.12. The molecule has 1 aliphatic carbocycles. The molecule has 33 heavy (non-hydrogen) atoms. The average Bonchev–Trinajstić information content (AvgIpc) is 3.26. The fourth-order valence-corrected chi connectivity index (χ4v) is 6.82. The summed E-state index contributed by atoms with van der Waals surface area (Å²) >= 11 is 1.59. The molecule has 0 amide bonds. The maximum absolute atomic E-state index is 13.1. The Hall–Kier alpha value is -2.30. The van der Waals surface area contributed by atoms with Crippen molar-refractivity contribution in [1.82, 2.24) is 9.29 Å². The molecule has 1 aliphatic heterocycles. The van der Waals surface area contributed by atoms with Gasteiger partial charge in [0.25, 0.3) is 0 Å². The lowest BCUT2D eigenvalue weighted by Gasteiger charge is -2.30. The first-order chi connectivity index (χ1) is 15.9. The number of hydrogen-bond donors (Lipinski definition) is 1. The molecule has 1 fully saturated rings. The summed E-state index contributed by atoms with van der Waals surface area (Å²) in [7, 11) is -3.75. The second-order valence-corrected chi connectivity index (χ2v) is 11.4. The summed E-state index contributed by atoms with van der Waals surface area (Å²) in [6.07, 6.45) is 5.21. The number of rotatable bonds is 8. The van der Waals surface area contributed by atoms with Crippen molar-refractivity contribution in [3.63, 3.8) is 0 Å². The van der Waals surface area contributed by atoms with Crippen LogP contribution in [-0.4, -0.2) is 55.7 Å². The smallest absolute Gasteiger partial charge is 0.309 e. The number of fused-ring (bicyclic) bond motifs is 1. The Morgan fingerprint density at radius 2 is 1.97 bits per heavy atom. The topological polar surface area (TPSA) is 106 Å². The van der Waals surface area contributed by atoms with Crippen LogP contribution < -0.4 is 5.32 Å². The van der Waals surface area contributed by atoms with Crippen molar-refractivity contribution in [3.8, 4) is 0 Å². The maximum Gasteiger partial charge on any atom is 0.309 e. The number of ketones is 1. The number of nitrogens with one attached hydrogen (secondary N) is 1. The molecule has 0 spiro atoms. The van der Waals surface area contributed by atoms with E-state index in [9.17, 15) is 18.0 Å². The number of hydrogen-bond acceptors (Lipinski definition) is 8. The number of piperidine rings is 1. The first-order valence-electron chi connectivity index (χ1n) is 11.4. The second kappa shape index (κ2) is 10.3. The number of carbonyl (C=O) groups excluding carboxylic acids is 2. The predicted molar refractivity (Wildman–Crippen MR) is 126 cm³/mol. The molecule has 0 radical (unpaired) electrons. The third-order valence-electron chi connectivity index (χ3n) is 6.11. The summed E-state index contributed by atoms with van der Waals surface area (Å²) < 4.78 is 32.7. The molecule has 0 saturated carbocycles. The zero-order valence-corrected chi connectivity index (χ0v) is 20.3. The molecule has 178 valence electrons. The van der Waals surface area contributed by atoms with Crippen LogP contribution in [0.4, 0.5) is 5.13 Å². The minimum atomic E-state index is -3.75. The SMILES string of the molecule is CCOC(=O)C1CCN(S(=O)(=O)c2cccc(C(=O)CNc3nc4c(s3)CCCC4)c2)CC1. The van der Waals surface area contributed by atoms with Gasteiger partial charge in [0.1, 0.15) is 0 Å². The number of aryl methyl sites for hydroxylation is 2. The highest BCUT2D eigenvalue weighted by Gasteiger charge is 2.33. The predicted octanol–water partition coefficient (Wildman–Crippen LogP) is 3.28. The zero-order valence-electron chi connectivity index (χ0n) is 18.7. The van der Waals surface area contributed by atoms with E-state index in [-0.39, 0.29) is 42.2 Å². The Labute approximate surface area is 198 Å². The summed E-state index contributed by atoms with van der Waals surface area (Å²) in [5, 5.41) is 3.84. The summed E-state index contributed by atoms with van der Waals surface area (Å²) in [6, 6.07) is 6.16. The van der Waals surface area contributed by atoms with Crippen LogP contribution in [0, 0.1) is 5.92 Å². The van der Waals surface area contributed by atoms with E-state index < -0.39 is 10.0 Å². The molecular formula is C23H29N3O5S2. The van der Waals surface area contributed by atoms with E-state index in [4.69, 9.17) is 4.74 Å². The maximum atomic E-state index is 13.1. The van der Waals surface area contributed by atoms with Gasteiger partial charge in [0, 0.05) is 23.5 Å². The van der Waals surface area contributed by atoms with Crippen LogP contribution >= 0.6 is 11.3 Å². The lowest BCUT2D eigenvalue weighted by molar-refractivity contribution is -0.149. The number of nitrogens with zero attached hydrogens (tertiary/aromatic N) is 2. The lowest BCUT2D eigenvalue weighted by atomic mass is 9.98. The molecule has 1 N–H and O–H groups in total. The minimum Gasteiger partial charge on any atom is -0.466 e. The number of benzene rings is 1. The van der Waals surface area contributed by atoms with Crippen molar-refractivity contribution in [2.75, 3.05) is 31.6 Å². The summed E-state index contributed by atoms with van der Waals surface area (Å²) in [4.78, 5) is 30.6. The van der Waals surface area contributed by atoms with Gasteiger partial charge in [0.05, 0.1) is 29.7 Å². The van der Waals surface area contributed by atoms with E-state index in [0.717, 1.165) is 30.1 Å². The second-order valence-electron chi connectivity index (χ2n) is 8.33. The molecule has 0 atom stereocenters. The Kier molecular flexibility index (Phi) is 7.45. The summed E-state index contributed by atoms with van der Waals surface area (Å²) in [5.74, 6) is -0.733. The number of Topliss-reactive ketones (excluding diaryl/α,β-unsaturated/α-hetero) is 1. The quantitative estimate of drug-likeness (QED) is 0.446. The van der Waals surface area contributed by atoms with Crippen LogP contribution in [0.2, 0.25) is 0 Å². The van der Waals surface area contributed by atoms with Crippen molar-refractivity contribution in [1.29, 1.82) is 0 Å². The number of sulfonamides is 1. The Bertz CT molecular complexity index is 1100. The zero-order chi connectivity index (χ0) is 23.4. The molecule has 8 nitrogen and oxygen atoms in total. The largest absolute Gasteiger partial charge is 0.466 e. The number of ether oxygens (including phenoxy) is 1. The van der Waals surface area contributed by atoms with E-state index in [1.54, 1.807) is 30.4 Å². The number of aromatic nitrogens is 1. The molecule has 4 rings (SSSR count). The monoisotopic (exact) mass is 491 g/mol. The fourth-order valence-electron chi connectivity index (χ4n) is 4.26. The molecule has 2 aliphatic rings. The average molecular weight is 492 g/mol. The molecule has 2 aromatic rings. The van der Waals surface area contributed by atoms with Crippen LogP contribution in [0.3, 0.4) is 0 Å². The van der Waals surface area contributed by atoms with Gasteiger partial charge in [0.2, 0.25) is 10.0 Å². The van der Waals surface area contributed by atoms with E-state index >= 15 is 0 Å². The number of anilines is 1. The molecule has 1 saturated heterocycles. The van der Waals surface area contributed by atoms with Crippen molar-refractivity contribution < 1.29 is 22.7 Å². The van der Waals surface area contributed by atoms with E-state index in [1.165, 1.54) is 27.7 Å². The Morgan fingerprint density at radius 3 is 2.70 bits per heavy atom. The molecular weight excluding hydrogens is 462 g/mol. The van der Waals surface area contributed by atoms with Gasteiger partial charge in [-0.25, -0.2) is 13.4 Å². The van der Waals surface area contributed by atoms with E-state index in [0.29, 0.717) is 25.0 Å². The van der Waals surface area contributed by atoms with Crippen molar-refractivity contribution in [2.24, 2.45) is 5.92 Å². The fraction of sp³-hybridized carbons (Fsp3) is 0.522. The Balaban J connectivity index is 1.39. The van der Waals surface area contributed by atoms with Crippen LogP contribution in [-0.2, 0) is 32.4 Å². The van der Waals surface area contributed by atoms with Crippen LogP contribution in [0.1, 0.15) is 53.5 Å². The number of thiazole rings is 1. The summed E-state index contributed by atoms with van der Waals surface area (Å²) in [5.41, 5.74) is 1.47. The van der Waals surface area contributed by atoms with Crippen molar-refractivity contribution in [2.45, 2.75) is 50.3 Å². The van der Waals surface area contributed by atoms with Gasteiger partial charge in [-0.1, -0.05) is 12.1 Å². The number of carbonyl (C=O) groups is 2. The van der Waals surface area contributed by atoms with Gasteiger partial charge in [-0.3, -0.25) is 9.59 Å². The molecule has 1 aromatic heterocycles. The first kappa shape index (κ1) is 23.8. The van der Waals surface area contributed by atoms with Gasteiger partial charge in [0.15, 0.2) is 10.9 Å². The van der Waals surface area contributed by atoms with Crippen molar-refractivity contribution in [3.05, 3.63) is 40.4 Å². The van der Waals surface area contributed by atoms with E-state index in [1.807, 2.05) is 0 Å². The van der Waals surface area contributed by atoms with Crippen LogP contribution in [0.5, 0.6) is 0 Å². The standard InChI is InChI=1S/C23H29N3O5S2/c1-2-31-22(28)16-10-12-26(13-11-16)33(29,30)18-7-5-6-17(14-18)20(27)15-24-23-25-19-8-3-4-9-21(19)32-23/h5-7,14,16H,2-4,8-13,15H2,1H3,(H,24,25). The first-order valence-corrected chi connectivity index (χ1v) is 13.7. The molecule has 2 heterocycles. The lowest BCUT2D eigenvalue weighted by Crippen LogP contribution is -2.40. The van der Waals surface area contributed by atoms with Gasteiger partial charge in [-0.05, 0) is 57.6 Å². The normalized spacial score (nSPS) is 17.4. The highest BCUT2D eigenvalue weighted by atomic mass is 32.2. The van der Waals surface area contributed by atoms with Gasteiger partial charge >= 0.3 is 5.97 Å². The van der Waals surface area contributed by atoms with Gasteiger partial charge in [-0.2, -0.15) is 4.31 Å². The Morgan fingerprint density at radius 1 is 1.21 bits per heavy atom. The number of esters is 1. The highest BCUT2D eigenvalue weighted by Crippen LogP contribution is 2.29. The van der Waals surface area contributed by atoms with Crippen molar-refractivity contribution >= 4 is 38.2 Å². The van der Waals surface area contributed by atoms with E-state index in [2.05, 4.69) is 10.3 Å². The van der Waals surface area contributed by atoms with Crippen LogP contribution in [0.15, 0.2) is 29.2 Å². The molecule has 1 aromatic carbocycles. The molecule has 10 heteroatoms.